The lowest BCUT2D eigenvalue weighted by Crippen LogP contribution is -2.29. The summed E-state index contributed by atoms with van der Waals surface area (Å²) in [6.45, 7) is 0.980. The Bertz CT molecular complexity index is 967. The van der Waals surface area contributed by atoms with E-state index in [1.54, 1.807) is 0 Å². The van der Waals surface area contributed by atoms with Crippen LogP contribution in [0.4, 0.5) is 0 Å². The van der Waals surface area contributed by atoms with Crippen molar-refractivity contribution in [3.8, 4) is 0 Å². The van der Waals surface area contributed by atoms with Gasteiger partial charge in [0, 0.05) is 18.8 Å². The maximum atomic E-state index is 11.9. The van der Waals surface area contributed by atoms with E-state index in [0.29, 0.717) is 0 Å². The molecule has 1 saturated heterocycles. The van der Waals surface area contributed by atoms with Crippen LogP contribution in [-0.4, -0.2) is 60.4 Å². The van der Waals surface area contributed by atoms with Crippen LogP contribution in [0.5, 0.6) is 0 Å². The van der Waals surface area contributed by atoms with E-state index in [9.17, 15) is 29.4 Å². The van der Waals surface area contributed by atoms with Crippen LogP contribution in [-0.2, 0) is 23.9 Å². The number of carbonyl (C=O) groups is 3. The molecule has 3 rings (SSSR count). The van der Waals surface area contributed by atoms with Gasteiger partial charge in [-0.25, -0.2) is 9.97 Å². The molecule has 0 aromatic carbocycles. The van der Waals surface area contributed by atoms with Gasteiger partial charge in [0.25, 0.3) is 5.56 Å². The highest BCUT2D eigenvalue weighted by Gasteiger charge is 2.48. The molecule has 1 fully saturated rings. The Morgan fingerprint density at radius 2 is 1.89 bits per heavy atom. The van der Waals surface area contributed by atoms with Crippen molar-refractivity contribution in [3.05, 3.63) is 23.0 Å². The summed E-state index contributed by atoms with van der Waals surface area (Å²) in [5.74, 6) is -4.36. The van der Waals surface area contributed by atoms with Gasteiger partial charge in [-0.15, -0.1) is 0 Å². The minimum Gasteiger partial charge on any atom is -0.481 e. The molecule has 0 spiro atoms. The lowest BCUT2D eigenvalue weighted by atomic mass is 9.84. The Hall–Kier alpha value is -3.28. The quantitative estimate of drug-likeness (QED) is 0.532. The van der Waals surface area contributed by atoms with Crippen LogP contribution >= 0.6 is 0 Å². The van der Waals surface area contributed by atoms with Gasteiger partial charge in [-0.05, 0) is 0 Å². The number of imidazole rings is 1. The molecule has 1 aliphatic rings. The monoisotopic (exact) mass is 394 g/mol. The van der Waals surface area contributed by atoms with Gasteiger partial charge in [0.05, 0.1) is 31.6 Å². The first-order valence-corrected chi connectivity index (χ1v) is 8.40. The van der Waals surface area contributed by atoms with E-state index >= 15 is 0 Å². The molecule has 150 valence electrons. The van der Waals surface area contributed by atoms with Crippen molar-refractivity contribution in [1.82, 2.24) is 19.5 Å². The predicted molar refractivity (Wildman–Crippen MR) is 90.2 cm³/mol. The zero-order valence-electron chi connectivity index (χ0n) is 14.8. The number of H-pyrrole nitrogens is 1. The van der Waals surface area contributed by atoms with Crippen LogP contribution in [0.1, 0.15) is 26.0 Å². The van der Waals surface area contributed by atoms with Crippen molar-refractivity contribution < 1.29 is 34.1 Å². The summed E-state index contributed by atoms with van der Waals surface area (Å²) in [4.78, 5) is 56.2. The fourth-order valence-corrected chi connectivity index (χ4v) is 3.49. The zero-order valence-corrected chi connectivity index (χ0v) is 14.8. The number of fused-ring (bicyclic) bond motifs is 1. The molecule has 0 amide bonds. The molecule has 0 unspecified atom stereocenters. The first-order valence-electron chi connectivity index (χ1n) is 8.40. The average Bonchev–Trinajstić information content (AvgIpc) is 3.16. The second kappa shape index (κ2) is 7.76. The van der Waals surface area contributed by atoms with Crippen LogP contribution < -0.4 is 5.56 Å². The number of ether oxygens (including phenoxy) is 2. The molecule has 3 N–H and O–H groups in total. The van der Waals surface area contributed by atoms with E-state index in [2.05, 4.69) is 15.0 Å². The van der Waals surface area contributed by atoms with Gasteiger partial charge in [0.1, 0.15) is 12.8 Å². The van der Waals surface area contributed by atoms with Crippen LogP contribution in [0.2, 0.25) is 0 Å². The van der Waals surface area contributed by atoms with Gasteiger partial charge in [-0.2, -0.15) is 0 Å². The SMILES string of the molecule is CC(=O)OC[C@@H]1O[C@@H](n2cnc3c(=O)[nH]cnc32)[C@H](CC(=O)O)[C@H]1CC(=O)O. The first-order chi connectivity index (χ1) is 13.3. The number of nitrogens with zero attached hydrogens (tertiary/aromatic N) is 3. The van der Waals surface area contributed by atoms with E-state index in [4.69, 9.17) is 9.47 Å². The summed E-state index contributed by atoms with van der Waals surface area (Å²) >= 11 is 0. The van der Waals surface area contributed by atoms with Gasteiger partial charge < -0.3 is 24.7 Å². The largest absolute Gasteiger partial charge is 0.481 e. The molecule has 0 aliphatic carbocycles. The van der Waals surface area contributed by atoms with E-state index in [1.807, 2.05) is 0 Å². The lowest BCUT2D eigenvalue weighted by Gasteiger charge is -2.22. The maximum Gasteiger partial charge on any atom is 0.303 e. The molecule has 0 saturated carbocycles. The number of nitrogens with one attached hydrogen (secondary N) is 1. The Morgan fingerprint density at radius 3 is 2.54 bits per heavy atom. The van der Waals surface area contributed by atoms with Gasteiger partial charge in [-0.1, -0.05) is 0 Å². The van der Waals surface area contributed by atoms with Crippen molar-refractivity contribution in [2.45, 2.75) is 32.1 Å². The molecule has 4 atom stereocenters. The summed E-state index contributed by atoms with van der Waals surface area (Å²) in [6.07, 6.45) is -0.0783. The first kappa shape index (κ1) is 19.5. The van der Waals surface area contributed by atoms with Crippen LogP contribution in [0.25, 0.3) is 11.2 Å². The number of carboxylic acid groups (broad SMARTS) is 2. The maximum absolute atomic E-state index is 11.9. The zero-order chi connectivity index (χ0) is 20.4. The highest BCUT2D eigenvalue weighted by molar-refractivity contribution is 5.70. The van der Waals surface area contributed by atoms with Crippen molar-refractivity contribution in [2.24, 2.45) is 11.8 Å². The van der Waals surface area contributed by atoms with E-state index in [0.717, 1.165) is 0 Å². The summed E-state index contributed by atoms with van der Waals surface area (Å²) in [6, 6.07) is 0. The van der Waals surface area contributed by atoms with Gasteiger partial charge in [0.2, 0.25) is 0 Å². The topological polar surface area (TPSA) is 174 Å². The number of aromatic nitrogens is 4. The van der Waals surface area contributed by atoms with Crippen LogP contribution in [0.3, 0.4) is 0 Å². The van der Waals surface area contributed by atoms with E-state index in [-0.39, 0.29) is 30.6 Å². The third-order valence-corrected chi connectivity index (χ3v) is 4.62. The standard InChI is InChI=1S/C16H18N4O8/c1-7(21)27-4-10-8(2-11(22)23)9(3-12(24)25)16(28-10)20-6-19-13-14(20)17-5-18-15(13)26/h5-6,8-10,16H,2-4H2,1H3,(H,22,23)(H,24,25)(H,17,18,26)/t8-,9-,10+,16-/m1/s1. The normalized spacial score (nSPS) is 24.3. The molecule has 2 aromatic rings. The summed E-state index contributed by atoms with van der Waals surface area (Å²) in [5.41, 5.74) is -0.264. The lowest BCUT2D eigenvalue weighted by molar-refractivity contribution is -0.147. The summed E-state index contributed by atoms with van der Waals surface area (Å²) in [5, 5.41) is 18.6. The second-order valence-corrected chi connectivity index (χ2v) is 6.45. The van der Waals surface area contributed by atoms with E-state index in [1.165, 1.54) is 24.1 Å². The third-order valence-electron chi connectivity index (χ3n) is 4.62. The second-order valence-electron chi connectivity index (χ2n) is 6.45. The predicted octanol–water partition coefficient (Wildman–Crippen LogP) is -0.238. The molecule has 12 nitrogen and oxygen atoms in total. The highest BCUT2D eigenvalue weighted by Crippen LogP contribution is 2.44. The Balaban J connectivity index is 2.02. The van der Waals surface area contributed by atoms with Crippen molar-refractivity contribution in [1.29, 1.82) is 0 Å². The van der Waals surface area contributed by atoms with Crippen LogP contribution in [0, 0.1) is 11.8 Å². The molecule has 3 heterocycles. The molecule has 28 heavy (non-hydrogen) atoms. The minimum absolute atomic E-state index is 0.0402. The smallest absolute Gasteiger partial charge is 0.303 e. The number of aliphatic carboxylic acids is 2. The average molecular weight is 394 g/mol. The van der Waals surface area contributed by atoms with Crippen molar-refractivity contribution in [2.75, 3.05) is 6.61 Å². The Labute approximate surface area is 157 Å². The number of esters is 1. The fourth-order valence-electron chi connectivity index (χ4n) is 3.49. The molecule has 0 bridgehead atoms. The number of carboxylic acids is 2. The molecule has 12 heteroatoms. The number of aromatic amines is 1. The molecule has 1 aliphatic heterocycles. The van der Waals surface area contributed by atoms with Crippen molar-refractivity contribution in [3.63, 3.8) is 0 Å². The number of hydrogen-bond donors (Lipinski definition) is 3. The summed E-state index contributed by atoms with van der Waals surface area (Å²) in [7, 11) is 0. The van der Waals surface area contributed by atoms with Gasteiger partial charge in [0.15, 0.2) is 11.2 Å². The Morgan fingerprint density at radius 1 is 1.21 bits per heavy atom. The fraction of sp³-hybridized carbons (Fsp3) is 0.500. The van der Waals surface area contributed by atoms with Gasteiger partial charge in [-0.3, -0.25) is 23.7 Å². The van der Waals surface area contributed by atoms with Crippen molar-refractivity contribution >= 4 is 29.1 Å². The van der Waals surface area contributed by atoms with Crippen LogP contribution in [0.15, 0.2) is 17.4 Å². The minimum atomic E-state index is -1.14. The van der Waals surface area contributed by atoms with Gasteiger partial charge >= 0.3 is 17.9 Å². The molecule has 2 aromatic heterocycles. The number of hydrogen-bond acceptors (Lipinski definition) is 8. The summed E-state index contributed by atoms with van der Waals surface area (Å²) < 4.78 is 12.3. The number of carbonyl (C=O) groups excluding carboxylic acids is 1. The molecule has 0 radical (unpaired) electrons. The third kappa shape index (κ3) is 3.86. The number of rotatable bonds is 7. The molecular formula is C16H18N4O8. The highest BCUT2D eigenvalue weighted by atomic mass is 16.6. The van der Waals surface area contributed by atoms with E-state index < -0.39 is 47.6 Å². The Kier molecular flexibility index (Phi) is 5.40. The molecular weight excluding hydrogens is 376 g/mol.